The van der Waals surface area contributed by atoms with E-state index in [9.17, 15) is 4.79 Å². The molecule has 0 saturated carbocycles. The molecule has 0 aliphatic carbocycles. The first-order valence-corrected chi connectivity index (χ1v) is 9.43. The highest BCUT2D eigenvalue weighted by Crippen LogP contribution is 2.24. The minimum atomic E-state index is -0.134. The lowest BCUT2D eigenvalue weighted by Crippen LogP contribution is -2.43. The van der Waals surface area contributed by atoms with Crippen LogP contribution in [0.5, 0.6) is 11.5 Å². The number of hydrogen-bond donors (Lipinski definition) is 1. The number of nitrogens with zero attached hydrogens (tertiary/aromatic N) is 2. The molecule has 3 rings (SSSR count). The fraction of sp³-hybridized carbons (Fsp3) is 0.429. The molecule has 150 valence electrons. The van der Waals surface area contributed by atoms with Crippen LogP contribution in [0.25, 0.3) is 0 Å². The highest BCUT2D eigenvalue weighted by Gasteiger charge is 2.23. The van der Waals surface area contributed by atoms with E-state index in [1.54, 1.807) is 31.5 Å². The number of urea groups is 1. The van der Waals surface area contributed by atoms with Gasteiger partial charge in [-0.1, -0.05) is 0 Å². The molecular formula is C21H27N3O4. The van der Waals surface area contributed by atoms with E-state index in [0.29, 0.717) is 31.1 Å². The van der Waals surface area contributed by atoms with Crippen molar-refractivity contribution in [3.8, 4) is 11.5 Å². The molecule has 1 aromatic heterocycles. The molecule has 7 nitrogen and oxygen atoms in total. The minimum absolute atomic E-state index is 0.0862. The van der Waals surface area contributed by atoms with Gasteiger partial charge in [0, 0.05) is 50.3 Å². The molecule has 2 heterocycles. The van der Waals surface area contributed by atoms with Crippen LogP contribution in [0.1, 0.15) is 24.0 Å². The van der Waals surface area contributed by atoms with Gasteiger partial charge < -0.3 is 24.4 Å². The lowest BCUT2D eigenvalue weighted by Gasteiger charge is -2.26. The molecule has 1 aromatic carbocycles. The summed E-state index contributed by atoms with van der Waals surface area (Å²) in [6, 6.07) is 9.26. The quantitative estimate of drug-likeness (QED) is 0.756. The number of rotatable bonds is 8. The molecule has 2 amide bonds. The first kappa shape index (κ1) is 19.9. The minimum Gasteiger partial charge on any atom is -0.497 e. The number of pyridine rings is 1. The monoisotopic (exact) mass is 385 g/mol. The molecule has 2 aromatic rings. The molecule has 1 saturated heterocycles. The van der Waals surface area contributed by atoms with Crippen LogP contribution in [-0.4, -0.2) is 49.4 Å². The van der Waals surface area contributed by atoms with Gasteiger partial charge in [-0.05, 0) is 42.7 Å². The Kier molecular flexibility index (Phi) is 7.08. The molecule has 1 aliphatic heterocycles. The van der Waals surface area contributed by atoms with Crippen molar-refractivity contribution >= 4 is 6.03 Å². The number of ether oxygens (including phenoxy) is 3. The SMILES string of the molecule is COc1ccc(CNC(=O)N(Cc2ccncc2)CC2CCCO2)c(OC)c1. The summed E-state index contributed by atoms with van der Waals surface area (Å²) in [5, 5.41) is 3.00. The third kappa shape index (κ3) is 5.36. The third-order valence-electron chi connectivity index (χ3n) is 4.78. The molecule has 1 unspecified atom stereocenters. The van der Waals surface area contributed by atoms with Crippen molar-refractivity contribution in [2.45, 2.75) is 32.0 Å². The molecule has 0 radical (unpaired) electrons. The maximum atomic E-state index is 12.9. The predicted molar refractivity (Wildman–Crippen MR) is 105 cm³/mol. The summed E-state index contributed by atoms with van der Waals surface area (Å²) in [6.07, 6.45) is 5.58. The molecule has 7 heteroatoms. The van der Waals surface area contributed by atoms with Crippen LogP contribution in [-0.2, 0) is 17.8 Å². The number of nitrogens with one attached hydrogen (secondary N) is 1. The molecule has 1 N–H and O–H groups in total. The van der Waals surface area contributed by atoms with Gasteiger partial charge in [0.1, 0.15) is 11.5 Å². The Labute approximate surface area is 165 Å². The van der Waals surface area contributed by atoms with Crippen LogP contribution in [0.3, 0.4) is 0 Å². The van der Waals surface area contributed by atoms with Crippen molar-refractivity contribution in [1.29, 1.82) is 0 Å². The highest BCUT2D eigenvalue weighted by molar-refractivity contribution is 5.74. The van der Waals surface area contributed by atoms with Crippen LogP contribution in [0.4, 0.5) is 4.79 Å². The number of aromatic nitrogens is 1. The molecule has 1 aliphatic rings. The molecule has 28 heavy (non-hydrogen) atoms. The van der Waals surface area contributed by atoms with E-state index >= 15 is 0 Å². The smallest absolute Gasteiger partial charge is 0.318 e. The zero-order chi connectivity index (χ0) is 19.8. The van der Waals surface area contributed by atoms with Gasteiger partial charge in [-0.25, -0.2) is 4.79 Å². The Bertz CT molecular complexity index is 764. The van der Waals surface area contributed by atoms with Gasteiger partial charge in [0.2, 0.25) is 0 Å². The summed E-state index contributed by atoms with van der Waals surface area (Å²) >= 11 is 0. The van der Waals surface area contributed by atoms with Gasteiger partial charge in [-0.15, -0.1) is 0 Å². The second-order valence-electron chi connectivity index (χ2n) is 6.71. The molecular weight excluding hydrogens is 358 g/mol. The second-order valence-corrected chi connectivity index (χ2v) is 6.71. The fourth-order valence-electron chi connectivity index (χ4n) is 3.24. The van der Waals surface area contributed by atoms with E-state index in [-0.39, 0.29) is 12.1 Å². The van der Waals surface area contributed by atoms with Gasteiger partial charge in [-0.2, -0.15) is 0 Å². The van der Waals surface area contributed by atoms with Crippen molar-refractivity contribution < 1.29 is 19.0 Å². The Balaban J connectivity index is 1.66. The van der Waals surface area contributed by atoms with Crippen molar-refractivity contribution in [3.63, 3.8) is 0 Å². The summed E-state index contributed by atoms with van der Waals surface area (Å²) in [7, 11) is 3.21. The third-order valence-corrected chi connectivity index (χ3v) is 4.78. The van der Waals surface area contributed by atoms with Gasteiger partial charge >= 0.3 is 6.03 Å². The predicted octanol–water partition coefficient (Wildman–Crippen LogP) is 2.99. The van der Waals surface area contributed by atoms with E-state index in [0.717, 1.165) is 30.6 Å². The zero-order valence-electron chi connectivity index (χ0n) is 16.4. The Morgan fingerprint density at radius 2 is 2.07 bits per heavy atom. The first-order valence-electron chi connectivity index (χ1n) is 9.43. The lowest BCUT2D eigenvalue weighted by atomic mass is 10.2. The Hall–Kier alpha value is -2.80. The van der Waals surface area contributed by atoms with Crippen molar-refractivity contribution in [3.05, 3.63) is 53.9 Å². The summed E-state index contributed by atoms with van der Waals surface area (Å²) < 4.78 is 16.4. The summed E-state index contributed by atoms with van der Waals surface area (Å²) in [5.74, 6) is 1.39. The van der Waals surface area contributed by atoms with Crippen LogP contribution < -0.4 is 14.8 Å². The van der Waals surface area contributed by atoms with Crippen LogP contribution >= 0.6 is 0 Å². The van der Waals surface area contributed by atoms with E-state index in [2.05, 4.69) is 10.3 Å². The number of benzene rings is 1. The molecule has 1 atom stereocenters. The topological polar surface area (TPSA) is 72.9 Å². The summed E-state index contributed by atoms with van der Waals surface area (Å²) in [5.41, 5.74) is 1.92. The maximum Gasteiger partial charge on any atom is 0.318 e. The maximum absolute atomic E-state index is 12.9. The summed E-state index contributed by atoms with van der Waals surface area (Å²) in [6.45, 7) is 2.20. The van der Waals surface area contributed by atoms with Gasteiger partial charge in [-0.3, -0.25) is 4.98 Å². The average Bonchev–Trinajstić information content (AvgIpc) is 3.25. The van der Waals surface area contributed by atoms with Crippen LogP contribution in [0, 0.1) is 0 Å². The normalized spacial score (nSPS) is 15.9. The largest absolute Gasteiger partial charge is 0.497 e. The summed E-state index contributed by atoms with van der Waals surface area (Å²) in [4.78, 5) is 18.7. The zero-order valence-corrected chi connectivity index (χ0v) is 16.4. The average molecular weight is 385 g/mol. The number of methoxy groups -OCH3 is 2. The highest BCUT2D eigenvalue weighted by atomic mass is 16.5. The standard InChI is InChI=1S/C21H27N3O4/c1-26-18-6-5-17(20(12-18)27-2)13-23-21(25)24(15-19-4-3-11-28-19)14-16-7-9-22-10-8-16/h5-10,12,19H,3-4,11,13-15H2,1-2H3,(H,23,25). The number of hydrogen-bond acceptors (Lipinski definition) is 5. The van der Waals surface area contributed by atoms with E-state index in [1.807, 2.05) is 30.3 Å². The van der Waals surface area contributed by atoms with E-state index < -0.39 is 0 Å². The van der Waals surface area contributed by atoms with E-state index in [4.69, 9.17) is 14.2 Å². The molecule has 0 bridgehead atoms. The Morgan fingerprint density at radius 3 is 2.75 bits per heavy atom. The fourth-order valence-corrected chi connectivity index (χ4v) is 3.24. The van der Waals surface area contributed by atoms with Gasteiger partial charge in [0.25, 0.3) is 0 Å². The second kappa shape index (κ2) is 9.94. The molecule has 1 fully saturated rings. The van der Waals surface area contributed by atoms with Crippen molar-refractivity contribution in [2.75, 3.05) is 27.4 Å². The van der Waals surface area contributed by atoms with Crippen LogP contribution in [0.2, 0.25) is 0 Å². The van der Waals surface area contributed by atoms with E-state index in [1.165, 1.54) is 0 Å². The number of carbonyl (C=O) groups is 1. The first-order chi connectivity index (χ1) is 13.7. The Morgan fingerprint density at radius 1 is 1.25 bits per heavy atom. The van der Waals surface area contributed by atoms with Crippen LogP contribution in [0.15, 0.2) is 42.7 Å². The van der Waals surface area contributed by atoms with Gasteiger partial charge in [0.15, 0.2) is 0 Å². The lowest BCUT2D eigenvalue weighted by molar-refractivity contribution is 0.0794. The number of amides is 2. The van der Waals surface area contributed by atoms with Crippen molar-refractivity contribution in [1.82, 2.24) is 15.2 Å². The van der Waals surface area contributed by atoms with Gasteiger partial charge in [0.05, 0.1) is 20.3 Å². The van der Waals surface area contributed by atoms with Crippen molar-refractivity contribution in [2.24, 2.45) is 0 Å². The molecule has 0 spiro atoms. The number of carbonyl (C=O) groups excluding carboxylic acids is 1.